The maximum absolute atomic E-state index is 12.8. The van der Waals surface area contributed by atoms with Crippen LogP contribution in [-0.4, -0.2) is 45.5 Å². The molecule has 0 saturated carbocycles. The van der Waals surface area contributed by atoms with Crippen LogP contribution >= 0.6 is 0 Å². The number of hydrogen-bond donors (Lipinski definition) is 2. The molecule has 3 heterocycles. The third-order valence-electron chi connectivity index (χ3n) is 5.53. The van der Waals surface area contributed by atoms with Crippen molar-refractivity contribution in [2.24, 2.45) is 0 Å². The predicted octanol–water partition coefficient (Wildman–Crippen LogP) is 2.60. The van der Waals surface area contributed by atoms with E-state index >= 15 is 0 Å². The summed E-state index contributed by atoms with van der Waals surface area (Å²) in [7, 11) is 0. The molecule has 150 valence electrons. The molecular formula is C22H23N3O4. The van der Waals surface area contributed by atoms with Crippen LogP contribution in [0.2, 0.25) is 0 Å². The number of hydroxylamine groups is 1. The largest absolute Gasteiger partial charge is 0.486 e. The van der Waals surface area contributed by atoms with E-state index in [0.29, 0.717) is 23.3 Å². The van der Waals surface area contributed by atoms with Crippen LogP contribution in [0.5, 0.6) is 5.75 Å². The van der Waals surface area contributed by atoms with Crippen molar-refractivity contribution < 1.29 is 19.5 Å². The fourth-order valence-electron chi connectivity index (χ4n) is 3.94. The smallest absolute Gasteiger partial charge is 0.267 e. The van der Waals surface area contributed by atoms with Gasteiger partial charge in [-0.15, -0.1) is 0 Å². The van der Waals surface area contributed by atoms with Gasteiger partial charge in [0.2, 0.25) is 0 Å². The third-order valence-corrected chi connectivity index (χ3v) is 5.53. The molecule has 1 aromatic heterocycles. The minimum Gasteiger partial charge on any atom is -0.486 e. The van der Waals surface area contributed by atoms with Gasteiger partial charge in [-0.3, -0.25) is 24.7 Å². The van der Waals surface area contributed by atoms with Gasteiger partial charge in [-0.25, -0.2) is 5.48 Å². The molecule has 2 aliphatic heterocycles. The third kappa shape index (κ3) is 4.36. The summed E-state index contributed by atoms with van der Waals surface area (Å²) in [6, 6.07) is 11.2. The Kier molecular flexibility index (Phi) is 5.42. The summed E-state index contributed by atoms with van der Waals surface area (Å²) in [5.41, 5.74) is 3.38. The maximum atomic E-state index is 12.8. The molecule has 4 rings (SSSR count). The van der Waals surface area contributed by atoms with Crippen LogP contribution in [0.15, 0.2) is 48.7 Å². The first kappa shape index (κ1) is 19.3. The average Bonchev–Trinajstić information content (AvgIpc) is 2.75. The minimum atomic E-state index is -0.623. The summed E-state index contributed by atoms with van der Waals surface area (Å²) in [5.74, 6) is 0.0381. The summed E-state index contributed by atoms with van der Waals surface area (Å²) in [6.07, 6.45) is 6.50. The Bertz CT molecular complexity index is 934. The van der Waals surface area contributed by atoms with E-state index in [1.54, 1.807) is 30.5 Å². The van der Waals surface area contributed by atoms with Crippen molar-refractivity contribution in [1.82, 2.24) is 15.4 Å². The zero-order valence-electron chi connectivity index (χ0n) is 16.0. The van der Waals surface area contributed by atoms with Gasteiger partial charge < -0.3 is 4.74 Å². The van der Waals surface area contributed by atoms with Gasteiger partial charge in [0.25, 0.3) is 5.91 Å². The van der Waals surface area contributed by atoms with Crippen molar-refractivity contribution in [3.05, 3.63) is 65.5 Å². The number of pyridine rings is 1. The first-order chi connectivity index (χ1) is 14.1. The van der Waals surface area contributed by atoms with E-state index in [1.807, 2.05) is 18.2 Å². The normalized spacial score (nSPS) is 18.4. The van der Waals surface area contributed by atoms with Crippen LogP contribution in [0.1, 0.15) is 40.9 Å². The van der Waals surface area contributed by atoms with Crippen molar-refractivity contribution in [2.45, 2.75) is 31.4 Å². The van der Waals surface area contributed by atoms with Crippen LogP contribution in [0.4, 0.5) is 0 Å². The SMILES string of the molecule is O=C(/C=C/c1ccc2c(c1)C(=O)CC1(CCN(Cc3ccccn3)CC1)O2)NO. The quantitative estimate of drug-likeness (QED) is 0.471. The molecule has 7 nitrogen and oxygen atoms in total. The molecular weight excluding hydrogens is 370 g/mol. The lowest BCUT2D eigenvalue weighted by Gasteiger charge is -2.44. The zero-order chi connectivity index (χ0) is 20.3. The second-order valence-electron chi connectivity index (χ2n) is 7.55. The average molecular weight is 393 g/mol. The molecule has 0 atom stereocenters. The van der Waals surface area contributed by atoms with Crippen LogP contribution in [-0.2, 0) is 11.3 Å². The van der Waals surface area contributed by atoms with Gasteiger partial charge in [0.1, 0.15) is 11.4 Å². The van der Waals surface area contributed by atoms with Crippen LogP contribution in [0.25, 0.3) is 6.08 Å². The molecule has 29 heavy (non-hydrogen) atoms. The van der Waals surface area contributed by atoms with Crippen molar-refractivity contribution in [2.75, 3.05) is 13.1 Å². The van der Waals surface area contributed by atoms with Crippen LogP contribution < -0.4 is 10.2 Å². The van der Waals surface area contributed by atoms with Gasteiger partial charge in [-0.1, -0.05) is 12.1 Å². The number of hydrogen-bond acceptors (Lipinski definition) is 6. The lowest BCUT2D eigenvalue weighted by molar-refractivity contribution is -0.124. The molecule has 0 bridgehead atoms. The fraction of sp³-hybridized carbons (Fsp3) is 0.318. The molecule has 0 aliphatic carbocycles. The first-order valence-corrected chi connectivity index (χ1v) is 9.68. The second-order valence-corrected chi connectivity index (χ2v) is 7.55. The number of aromatic nitrogens is 1. The van der Waals surface area contributed by atoms with E-state index in [-0.39, 0.29) is 5.78 Å². The minimum absolute atomic E-state index is 0.0614. The molecule has 0 unspecified atom stereocenters. The number of nitrogens with zero attached hydrogens (tertiary/aromatic N) is 2. The van der Waals surface area contributed by atoms with E-state index < -0.39 is 11.5 Å². The van der Waals surface area contributed by atoms with Crippen molar-refractivity contribution in [3.63, 3.8) is 0 Å². The molecule has 1 aromatic carbocycles. The van der Waals surface area contributed by atoms with E-state index in [4.69, 9.17) is 9.94 Å². The molecule has 7 heteroatoms. The number of rotatable bonds is 4. The van der Waals surface area contributed by atoms with E-state index in [1.165, 1.54) is 11.6 Å². The number of benzene rings is 1. The number of piperidine rings is 1. The van der Waals surface area contributed by atoms with E-state index in [0.717, 1.165) is 38.2 Å². The van der Waals surface area contributed by atoms with E-state index in [2.05, 4.69) is 9.88 Å². The Hall–Kier alpha value is -3.03. The zero-order valence-corrected chi connectivity index (χ0v) is 16.0. The summed E-state index contributed by atoms with van der Waals surface area (Å²) >= 11 is 0. The number of carbonyl (C=O) groups is 2. The van der Waals surface area contributed by atoms with Crippen molar-refractivity contribution >= 4 is 17.8 Å². The summed E-state index contributed by atoms with van der Waals surface area (Å²) < 4.78 is 6.32. The lowest BCUT2D eigenvalue weighted by atomic mass is 9.82. The van der Waals surface area contributed by atoms with Crippen LogP contribution in [0, 0.1) is 0 Å². The van der Waals surface area contributed by atoms with Gasteiger partial charge in [-0.05, 0) is 35.9 Å². The standard InChI is InChI=1S/C22H23N3O4/c26-19-14-22(8-11-25(12-9-22)15-17-3-1-2-10-23-17)29-20-6-4-16(13-18(19)20)5-7-21(27)24-28/h1-7,10,13,28H,8-9,11-12,14-15H2,(H,24,27)/b7-5+. The molecule has 2 aliphatic rings. The van der Waals surface area contributed by atoms with Gasteiger partial charge in [0, 0.05) is 44.7 Å². The number of fused-ring (bicyclic) bond motifs is 1. The van der Waals surface area contributed by atoms with Crippen molar-refractivity contribution in [1.29, 1.82) is 0 Å². The highest BCUT2D eigenvalue weighted by molar-refractivity contribution is 6.01. The molecule has 1 spiro atoms. The van der Waals surface area contributed by atoms with E-state index in [9.17, 15) is 9.59 Å². The molecule has 2 aromatic rings. The Morgan fingerprint density at radius 2 is 2.10 bits per heavy atom. The highest BCUT2D eigenvalue weighted by Crippen LogP contribution is 2.40. The summed E-state index contributed by atoms with van der Waals surface area (Å²) in [4.78, 5) is 30.7. The number of ketones is 1. The van der Waals surface area contributed by atoms with Crippen molar-refractivity contribution in [3.8, 4) is 5.75 Å². The first-order valence-electron chi connectivity index (χ1n) is 9.68. The molecule has 0 radical (unpaired) electrons. The van der Waals surface area contributed by atoms with Gasteiger partial charge in [0.05, 0.1) is 17.7 Å². The monoisotopic (exact) mass is 393 g/mol. The van der Waals surface area contributed by atoms with Gasteiger partial charge >= 0.3 is 0 Å². The number of Topliss-reactive ketones (excluding diaryl/α,β-unsaturated/α-hetero) is 1. The molecule has 1 fully saturated rings. The predicted molar refractivity (Wildman–Crippen MR) is 106 cm³/mol. The van der Waals surface area contributed by atoms with Gasteiger partial charge in [0.15, 0.2) is 5.78 Å². The lowest BCUT2D eigenvalue weighted by Crippen LogP contribution is -2.50. The Labute approximate surface area is 169 Å². The second kappa shape index (κ2) is 8.14. The Morgan fingerprint density at radius 3 is 2.83 bits per heavy atom. The van der Waals surface area contributed by atoms with Gasteiger partial charge in [-0.2, -0.15) is 0 Å². The highest BCUT2D eigenvalue weighted by atomic mass is 16.5. The number of ether oxygens (including phenoxy) is 1. The summed E-state index contributed by atoms with van der Waals surface area (Å²) in [5, 5.41) is 8.56. The fourth-order valence-corrected chi connectivity index (χ4v) is 3.94. The number of likely N-dealkylation sites (tertiary alicyclic amines) is 1. The Morgan fingerprint density at radius 1 is 1.28 bits per heavy atom. The Balaban J connectivity index is 1.43. The molecule has 1 saturated heterocycles. The topological polar surface area (TPSA) is 91.8 Å². The summed E-state index contributed by atoms with van der Waals surface area (Å²) in [6.45, 7) is 2.52. The molecule has 1 amide bonds. The van der Waals surface area contributed by atoms with Crippen LogP contribution in [0.3, 0.4) is 0 Å². The maximum Gasteiger partial charge on any atom is 0.267 e. The number of amides is 1. The molecule has 2 N–H and O–H groups in total. The highest BCUT2D eigenvalue weighted by Gasteiger charge is 2.42. The number of carbonyl (C=O) groups excluding carboxylic acids is 2. The number of nitrogens with one attached hydrogen (secondary N) is 1.